The molecule has 6 heteroatoms. The Bertz CT molecular complexity index is 393. The smallest absolute Gasteiger partial charge is 0.335 e. The number of nitro groups is 1. The molecular formula is C12H20N4O2. The van der Waals surface area contributed by atoms with E-state index in [9.17, 15) is 10.1 Å². The summed E-state index contributed by atoms with van der Waals surface area (Å²) < 4.78 is 0. The van der Waals surface area contributed by atoms with Gasteiger partial charge in [0.2, 0.25) is 0 Å². The molecule has 0 bridgehead atoms. The van der Waals surface area contributed by atoms with Crippen molar-refractivity contribution in [3.05, 3.63) is 34.2 Å². The van der Waals surface area contributed by atoms with Crippen LogP contribution in [0.2, 0.25) is 0 Å². The third kappa shape index (κ3) is 3.96. The van der Waals surface area contributed by atoms with Gasteiger partial charge in [0.25, 0.3) is 0 Å². The molecule has 1 fully saturated rings. The molecule has 1 heterocycles. The number of nitrogens with zero attached hydrogens (tertiary/aromatic N) is 4. The summed E-state index contributed by atoms with van der Waals surface area (Å²) in [5, 5.41) is 10.5. The van der Waals surface area contributed by atoms with E-state index in [-0.39, 0.29) is 5.84 Å². The number of aliphatic imine (C=N–C) groups is 1. The van der Waals surface area contributed by atoms with Crippen LogP contribution in [0.25, 0.3) is 0 Å². The second kappa shape index (κ2) is 6.30. The predicted molar refractivity (Wildman–Crippen MR) is 72.1 cm³/mol. The lowest BCUT2D eigenvalue weighted by molar-refractivity contribution is -0.351. The number of likely N-dealkylation sites (N-methyl/N-ethyl adjacent to an activating group) is 1. The molecule has 0 radical (unpaired) electrons. The zero-order valence-corrected chi connectivity index (χ0v) is 11.2. The maximum Gasteiger partial charge on any atom is 0.335 e. The lowest BCUT2D eigenvalue weighted by Gasteiger charge is -2.34. The standard InChI is InChI=1S/C12H20N4O2/c1-10(2)12(9-13-11(3)16(17)18)15-7-5-14(4)6-8-15/h9H,1,5-8H2,2-4H3/b12-9+,13-11?. The zero-order chi connectivity index (χ0) is 13.7. The molecule has 1 rings (SSSR count). The van der Waals surface area contributed by atoms with Crippen molar-refractivity contribution in [1.29, 1.82) is 0 Å². The number of hydrogen-bond acceptors (Lipinski definition) is 5. The number of piperazine rings is 1. The summed E-state index contributed by atoms with van der Waals surface area (Å²) in [6, 6.07) is 0. The van der Waals surface area contributed by atoms with Crippen LogP contribution in [0, 0.1) is 10.1 Å². The Morgan fingerprint density at radius 3 is 2.33 bits per heavy atom. The van der Waals surface area contributed by atoms with E-state index >= 15 is 0 Å². The molecule has 0 atom stereocenters. The van der Waals surface area contributed by atoms with Crippen molar-refractivity contribution in [2.75, 3.05) is 33.2 Å². The highest BCUT2D eigenvalue weighted by Gasteiger charge is 2.17. The minimum absolute atomic E-state index is 0.108. The molecule has 18 heavy (non-hydrogen) atoms. The first-order valence-corrected chi connectivity index (χ1v) is 5.90. The first-order chi connectivity index (χ1) is 8.41. The van der Waals surface area contributed by atoms with Gasteiger partial charge in [-0.05, 0) is 29.5 Å². The van der Waals surface area contributed by atoms with E-state index in [2.05, 4.69) is 28.4 Å². The Kier molecular flexibility index (Phi) is 5.03. The molecule has 1 aliphatic heterocycles. The summed E-state index contributed by atoms with van der Waals surface area (Å²) in [4.78, 5) is 18.3. The van der Waals surface area contributed by atoms with E-state index < -0.39 is 4.92 Å². The van der Waals surface area contributed by atoms with Crippen molar-refractivity contribution >= 4 is 5.84 Å². The van der Waals surface area contributed by atoms with E-state index in [0.717, 1.165) is 37.4 Å². The van der Waals surface area contributed by atoms with Gasteiger partial charge in [-0.1, -0.05) is 6.58 Å². The van der Waals surface area contributed by atoms with Crippen LogP contribution >= 0.6 is 0 Å². The molecule has 100 valence electrons. The molecule has 0 spiro atoms. The van der Waals surface area contributed by atoms with Gasteiger partial charge in [-0.15, -0.1) is 0 Å². The fraction of sp³-hybridized carbons (Fsp3) is 0.583. The van der Waals surface area contributed by atoms with Gasteiger partial charge in [-0.25, -0.2) is 0 Å². The Balaban J connectivity index is 2.83. The van der Waals surface area contributed by atoms with Crippen molar-refractivity contribution in [2.24, 2.45) is 4.99 Å². The molecule has 0 aromatic rings. The maximum absolute atomic E-state index is 10.5. The SMILES string of the molecule is C=C(C)/C(=C\N=C(C)[N+](=O)[O-])N1CCN(C)CC1. The molecule has 1 saturated heterocycles. The molecular weight excluding hydrogens is 232 g/mol. The van der Waals surface area contributed by atoms with Crippen molar-refractivity contribution in [3.8, 4) is 0 Å². The summed E-state index contributed by atoms with van der Waals surface area (Å²) in [6.07, 6.45) is 1.55. The molecule has 6 nitrogen and oxygen atoms in total. The number of rotatable bonds is 3. The average molecular weight is 252 g/mol. The summed E-state index contributed by atoms with van der Waals surface area (Å²) in [6.45, 7) is 10.9. The monoisotopic (exact) mass is 252 g/mol. The summed E-state index contributed by atoms with van der Waals surface area (Å²) in [7, 11) is 2.08. The van der Waals surface area contributed by atoms with Crippen molar-refractivity contribution in [3.63, 3.8) is 0 Å². The average Bonchev–Trinajstić information content (AvgIpc) is 2.30. The number of hydrogen-bond donors (Lipinski definition) is 0. The minimum atomic E-state index is -0.490. The van der Waals surface area contributed by atoms with Crippen LogP contribution in [0.1, 0.15) is 13.8 Å². The fourth-order valence-electron chi connectivity index (χ4n) is 1.71. The molecule has 1 aliphatic rings. The molecule has 0 unspecified atom stereocenters. The van der Waals surface area contributed by atoms with Gasteiger partial charge < -0.3 is 19.9 Å². The van der Waals surface area contributed by atoms with Crippen LogP contribution in [0.4, 0.5) is 0 Å². The molecule has 0 aromatic heterocycles. The third-order valence-electron chi connectivity index (χ3n) is 2.92. The first-order valence-electron chi connectivity index (χ1n) is 5.90. The first kappa shape index (κ1) is 14.4. The normalized spacial score (nSPS) is 18.9. The molecule has 0 saturated carbocycles. The van der Waals surface area contributed by atoms with Crippen molar-refractivity contribution < 1.29 is 4.92 Å². The number of allylic oxidation sites excluding steroid dienone is 1. The Morgan fingerprint density at radius 1 is 1.33 bits per heavy atom. The van der Waals surface area contributed by atoms with E-state index in [1.54, 1.807) is 6.20 Å². The highest BCUT2D eigenvalue weighted by molar-refractivity contribution is 5.71. The zero-order valence-electron chi connectivity index (χ0n) is 11.2. The van der Waals surface area contributed by atoms with E-state index in [0.29, 0.717) is 0 Å². The second-order valence-corrected chi connectivity index (χ2v) is 4.52. The third-order valence-corrected chi connectivity index (χ3v) is 2.92. The quantitative estimate of drug-likeness (QED) is 0.250. The van der Waals surface area contributed by atoms with Gasteiger partial charge in [-0.2, -0.15) is 0 Å². The van der Waals surface area contributed by atoms with Gasteiger partial charge in [0.1, 0.15) is 0 Å². The van der Waals surface area contributed by atoms with Gasteiger partial charge >= 0.3 is 5.84 Å². The second-order valence-electron chi connectivity index (χ2n) is 4.52. The predicted octanol–water partition coefficient (Wildman–Crippen LogP) is 1.35. The minimum Gasteiger partial charge on any atom is -0.366 e. The van der Waals surface area contributed by atoms with Crippen LogP contribution in [0.5, 0.6) is 0 Å². The Hall–Kier alpha value is -1.69. The Morgan fingerprint density at radius 2 is 1.89 bits per heavy atom. The Labute approximate surface area is 107 Å². The molecule has 0 amide bonds. The van der Waals surface area contributed by atoms with Crippen LogP contribution in [0.15, 0.2) is 29.0 Å². The van der Waals surface area contributed by atoms with Gasteiger partial charge in [0.15, 0.2) is 6.20 Å². The topological polar surface area (TPSA) is 62.0 Å². The maximum atomic E-state index is 10.5. The van der Waals surface area contributed by atoms with E-state index in [1.807, 2.05) is 6.92 Å². The molecule has 0 aliphatic carbocycles. The van der Waals surface area contributed by atoms with Crippen LogP contribution < -0.4 is 0 Å². The fourth-order valence-corrected chi connectivity index (χ4v) is 1.71. The van der Waals surface area contributed by atoms with E-state index in [4.69, 9.17) is 0 Å². The van der Waals surface area contributed by atoms with Crippen molar-refractivity contribution in [1.82, 2.24) is 9.80 Å². The number of amidine groups is 1. The summed E-state index contributed by atoms with van der Waals surface area (Å²) >= 11 is 0. The van der Waals surface area contributed by atoms with Crippen LogP contribution in [-0.2, 0) is 0 Å². The van der Waals surface area contributed by atoms with Crippen LogP contribution in [-0.4, -0.2) is 53.8 Å². The highest BCUT2D eigenvalue weighted by Crippen LogP contribution is 2.15. The molecule has 0 N–H and O–H groups in total. The lowest BCUT2D eigenvalue weighted by Crippen LogP contribution is -2.43. The van der Waals surface area contributed by atoms with Gasteiger partial charge in [0.05, 0.1) is 5.70 Å². The largest absolute Gasteiger partial charge is 0.366 e. The highest BCUT2D eigenvalue weighted by atomic mass is 16.6. The van der Waals surface area contributed by atoms with Crippen molar-refractivity contribution in [2.45, 2.75) is 13.8 Å². The molecule has 0 aromatic carbocycles. The summed E-state index contributed by atoms with van der Waals surface area (Å²) in [5.41, 5.74) is 1.75. The van der Waals surface area contributed by atoms with Crippen LogP contribution in [0.3, 0.4) is 0 Å². The lowest BCUT2D eigenvalue weighted by atomic mass is 10.2. The summed E-state index contributed by atoms with van der Waals surface area (Å²) in [5.74, 6) is -0.108. The van der Waals surface area contributed by atoms with Gasteiger partial charge in [-0.3, -0.25) is 0 Å². The van der Waals surface area contributed by atoms with Gasteiger partial charge in [0, 0.05) is 33.1 Å². The van der Waals surface area contributed by atoms with E-state index in [1.165, 1.54) is 6.92 Å².